The van der Waals surface area contributed by atoms with Gasteiger partial charge in [0.1, 0.15) is 6.10 Å². The van der Waals surface area contributed by atoms with Crippen LogP contribution in [0.5, 0.6) is 0 Å². The molecule has 1 saturated heterocycles. The third kappa shape index (κ3) is 1.62. The fourth-order valence-corrected chi connectivity index (χ4v) is 2.49. The van der Waals surface area contributed by atoms with Crippen LogP contribution in [0.15, 0.2) is 0 Å². The molecule has 0 bridgehead atoms. The second-order valence-corrected chi connectivity index (χ2v) is 4.50. The molecule has 1 unspecified atom stereocenters. The maximum atomic E-state index is 14.5. The summed E-state index contributed by atoms with van der Waals surface area (Å²) >= 11 is 0. The van der Waals surface area contributed by atoms with E-state index < -0.39 is 35.6 Å². The van der Waals surface area contributed by atoms with E-state index in [0.29, 0.717) is 6.42 Å². The van der Waals surface area contributed by atoms with Gasteiger partial charge in [-0.05, 0) is 6.42 Å². The van der Waals surface area contributed by atoms with Crippen molar-refractivity contribution in [1.82, 2.24) is 0 Å². The van der Waals surface area contributed by atoms with Gasteiger partial charge in [-0.2, -0.15) is 0 Å². The number of hydrogen-bond acceptors (Lipinski definition) is 5. The maximum Gasteiger partial charge on any atom is 0.305 e. The number of halogens is 1. The van der Waals surface area contributed by atoms with Gasteiger partial charge in [-0.15, -0.1) is 0 Å². The molecule has 0 N–H and O–H groups in total. The van der Waals surface area contributed by atoms with Crippen molar-refractivity contribution in [1.29, 1.82) is 0 Å². The van der Waals surface area contributed by atoms with Crippen LogP contribution in [0.2, 0.25) is 0 Å². The van der Waals surface area contributed by atoms with Crippen molar-refractivity contribution in [3.05, 3.63) is 0 Å². The summed E-state index contributed by atoms with van der Waals surface area (Å²) in [5, 5.41) is 0. The Morgan fingerprint density at radius 3 is 2.53 bits per heavy atom. The van der Waals surface area contributed by atoms with E-state index in [2.05, 4.69) is 0 Å². The van der Waals surface area contributed by atoms with Gasteiger partial charge in [-0.3, -0.25) is 9.59 Å². The molecule has 2 fully saturated rings. The summed E-state index contributed by atoms with van der Waals surface area (Å²) in [6.07, 6.45) is -1.39. The number of carbonyl (C=O) groups is 2. The molecule has 6 heteroatoms. The van der Waals surface area contributed by atoms with Crippen LogP contribution in [0.4, 0.5) is 4.39 Å². The Balaban J connectivity index is 2.22. The molecule has 2 aliphatic rings. The predicted octanol–water partition coefficient (Wildman–Crippen LogP) is 1.10. The molecule has 0 aromatic heterocycles. The average molecular weight is 246 g/mol. The monoisotopic (exact) mass is 246 g/mol. The van der Waals surface area contributed by atoms with Crippen LogP contribution < -0.4 is 0 Å². The van der Waals surface area contributed by atoms with Gasteiger partial charge in [0.15, 0.2) is 5.67 Å². The first-order valence-corrected chi connectivity index (χ1v) is 5.57. The summed E-state index contributed by atoms with van der Waals surface area (Å²) in [5.74, 6) is -1.20. The summed E-state index contributed by atoms with van der Waals surface area (Å²) in [7, 11) is 0. The number of esters is 2. The Hall–Kier alpha value is -1.17. The van der Waals surface area contributed by atoms with Crippen molar-refractivity contribution in [2.45, 2.75) is 57.3 Å². The van der Waals surface area contributed by atoms with Gasteiger partial charge in [0, 0.05) is 20.3 Å². The molecule has 1 heterocycles. The van der Waals surface area contributed by atoms with Crippen molar-refractivity contribution in [3.8, 4) is 0 Å². The molecule has 0 amide bonds. The van der Waals surface area contributed by atoms with E-state index in [1.165, 1.54) is 13.8 Å². The van der Waals surface area contributed by atoms with Crippen LogP contribution in [-0.4, -0.2) is 35.6 Å². The Labute approximate surface area is 98.2 Å². The molecule has 1 saturated carbocycles. The summed E-state index contributed by atoms with van der Waals surface area (Å²) in [5.41, 5.74) is -3.17. The molecule has 0 spiro atoms. The number of alkyl halides is 1. The number of ether oxygens (including phenoxy) is 3. The van der Waals surface area contributed by atoms with Crippen LogP contribution in [0.3, 0.4) is 0 Å². The molecule has 0 aromatic rings. The first-order valence-electron chi connectivity index (χ1n) is 5.57. The van der Waals surface area contributed by atoms with Crippen LogP contribution in [0.25, 0.3) is 0 Å². The van der Waals surface area contributed by atoms with Crippen molar-refractivity contribution in [3.63, 3.8) is 0 Å². The van der Waals surface area contributed by atoms with Gasteiger partial charge in [0.05, 0.1) is 0 Å². The van der Waals surface area contributed by atoms with Crippen LogP contribution in [-0.2, 0) is 23.8 Å². The molecule has 0 radical (unpaired) electrons. The minimum Gasteiger partial charge on any atom is -0.449 e. The maximum absolute atomic E-state index is 14.5. The highest BCUT2D eigenvalue weighted by Gasteiger charge is 2.86. The topological polar surface area (TPSA) is 61.8 Å². The highest BCUT2D eigenvalue weighted by Crippen LogP contribution is 2.65. The van der Waals surface area contributed by atoms with E-state index in [9.17, 15) is 14.0 Å². The second-order valence-electron chi connectivity index (χ2n) is 4.50. The summed E-state index contributed by atoms with van der Waals surface area (Å²) in [4.78, 5) is 21.9. The lowest BCUT2D eigenvalue weighted by Gasteiger charge is -2.21. The molecular formula is C11H15FO5. The highest BCUT2D eigenvalue weighted by atomic mass is 19.1. The lowest BCUT2D eigenvalue weighted by atomic mass is 10.1. The van der Waals surface area contributed by atoms with Crippen molar-refractivity contribution >= 4 is 11.9 Å². The van der Waals surface area contributed by atoms with Crippen molar-refractivity contribution < 1.29 is 28.2 Å². The van der Waals surface area contributed by atoms with Gasteiger partial charge < -0.3 is 14.2 Å². The Morgan fingerprint density at radius 1 is 1.41 bits per heavy atom. The van der Waals surface area contributed by atoms with E-state index >= 15 is 0 Å². The third-order valence-electron chi connectivity index (χ3n) is 3.25. The van der Waals surface area contributed by atoms with Crippen molar-refractivity contribution in [2.24, 2.45) is 0 Å². The molecule has 4 atom stereocenters. The second kappa shape index (κ2) is 3.66. The minimum atomic E-state index is -1.73. The molecule has 1 aliphatic carbocycles. The molecule has 96 valence electrons. The molecule has 17 heavy (non-hydrogen) atoms. The first-order chi connectivity index (χ1) is 7.85. The minimum absolute atomic E-state index is 0.0238. The lowest BCUT2D eigenvalue weighted by molar-refractivity contribution is -0.208. The van der Waals surface area contributed by atoms with Gasteiger partial charge in [-0.25, -0.2) is 4.39 Å². The Bertz CT molecular complexity index is 371. The summed E-state index contributed by atoms with van der Waals surface area (Å²) in [6.45, 7) is 4.16. The Kier molecular flexibility index (Phi) is 2.65. The standard InChI is InChI=1S/C11H15FO5/c1-4-8-10(12)5-11(10,17-7(3)14)9(16-8)15-6(2)13/h8-9H,4-5H2,1-3H3/t8-,9?,10+,11+/m1/s1. The van der Waals surface area contributed by atoms with E-state index in [4.69, 9.17) is 14.2 Å². The number of hydrogen-bond donors (Lipinski definition) is 0. The molecular weight excluding hydrogens is 231 g/mol. The zero-order chi connectivity index (χ0) is 12.8. The van der Waals surface area contributed by atoms with E-state index in [1.807, 2.05) is 0 Å². The van der Waals surface area contributed by atoms with Gasteiger partial charge >= 0.3 is 11.9 Å². The smallest absolute Gasteiger partial charge is 0.305 e. The van der Waals surface area contributed by atoms with Crippen LogP contribution >= 0.6 is 0 Å². The van der Waals surface area contributed by atoms with E-state index in [0.717, 1.165) is 0 Å². The quantitative estimate of drug-likeness (QED) is 0.698. The highest BCUT2D eigenvalue weighted by molar-refractivity contribution is 5.69. The third-order valence-corrected chi connectivity index (χ3v) is 3.25. The van der Waals surface area contributed by atoms with Crippen molar-refractivity contribution in [2.75, 3.05) is 0 Å². The average Bonchev–Trinajstić information content (AvgIpc) is 2.71. The SMILES string of the molecule is CC[C@H]1OC(OC(C)=O)[C@@]2(OC(C)=O)C[C@]12F. The molecule has 5 nitrogen and oxygen atoms in total. The number of fused-ring (bicyclic) bond motifs is 1. The van der Waals surface area contributed by atoms with Crippen LogP contribution in [0.1, 0.15) is 33.6 Å². The van der Waals surface area contributed by atoms with Gasteiger partial charge in [0.2, 0.25) is 11.9 Å². The molecule has 1 aliphatic heterocycles. The van der Waals surface area contributed by atoms with Gasteiger partial charge in [0.25, 0.3) is 0 Å². The summed E-state index contributed by atoms with van der Waals surface area (Å²) in [6, 6.07) is 0. The fraction of sp³-hybridized carbons (Fsp3) is 0.818. The summed E-state index contributed by atoms with van der Waals surface area (Å²) < 4.78 is 29.7. The predicted molar refractivity (Wildman–Crippen MR) is 53.7 cm³/mol. The van der Waals surface area contributed by atoms with Crippen LogP contribution in [0, 0.1) is 0 Å². The Morgan fingerprint density at radius 2 is 2.06 bits per heavy atom. The molecule has 0 aromatic carbocycles. The lowest BCUT2D eigenvalue weighted by Crippen LogP contribution is -2.37. The number of rotatable bonds is 3. The first kappa shape index (κ1) is 12.3. The zero-order valence-corrected chi connectivity index (χ0v) is 9.99. The largest absolute Gasteiger partial charge is 0.449 e. The van der Waals surface area contributed by atoms with Gasteiger partial charge in [-0.1, -0.05) is 6.92 Å². The van der Waals surface area contributed by atoms with E-state index in [-0.39, 0.29) is 6.42 Å². The van der Waals surface area contributed by atoms with E-state index in [1.54, 1.807) is 6.92 Å². The zero-order valence-electron chi connectivity index (χ0n) is 9.99. The normalized spacial score (nSPS) is 42.8. The fourth-order valence-electron chi connectivity index (χ4n) is 2.49. The molecule has 2 rings (SSSR count). The number of carbonyl (C=O) groups excluding carboxylic acids is 2.